The molecule has 0 aromatic rings. The molecule has 0 spiro atoms. The summed E-state index contributed by atoms with van der Waals surface area (Å²) in [5, 5.41) is 0. The molecule has 0 N–H and O–H groups in total. The molecule has 0 aromatic heterocycles. The van der Waals surface area contributed by atoms with Crippen LogP contribution in [0.2, 0.25) is 0 Å². The number of carbonyl (C=O) groups is 2. The van der Waals surface area contributed by atoms with Crippen LogP contribution in [-0.2, 0) is 19.1 Å². The third kappa shape index (κ3) is 2.02. The van der Waals surface area contributed by atoms with Crippen molar-refractivity contribution in [3.8, 4) is 0 Å². The summed E-state index contributed by atoms with van der Waals surface area (Å²) in [5.74, 6) is 0.246. The van der Waals surface area contributed by atoms with E-state index in [0.717, 1.165) is 24.8 Å². The Morgan fingerprint density at radius 3 is 2.76 bits per heavy atom. The Kier molecular flexibility index (Phi) is 3.19. The molecule has 4 heteroatoms. The Morgan fingerprint density at radius 2 is 2.10 bits per heavy atom. The first-order valence-electron chi connectivity index (χ1n) is 7.81. The molecule has 2 aliphatic carbocycles. The largest absolute Gasteiger partial charge is 0.462 e. The van der Waals surface area contributed by atoms with Gasteiger partial charge in [-0.2, -0.15) is 0 Å². The molecule has 0 aromatic carbocycles. The molecule has 116 valence electrons. The summed E-state index contributed by atoms with van der Waals surface area (Å²) in [6, 6.07) is 0. The monoisotopic (exact) mass is 292 g/mol. The highest BCUT2D eigenvalue weighted by atomic mass is 16.5. The number of carbonyl (C=O) groups excluding carboxylic acids is 2. The van der Waals surface area contributed by atoms with Crippen molar-refractivity contribution >= 4 is 11.9 Å². The van der Waals surface area contributed by atoms with E-state index in [4.69, 9.17) is 9.47 Å². The Morgan fingerprint density at radius 1 is 1.38 bits per heavy atom. The van der Waals surface area contributed by atoms with Crippen LogP contribution in [-0.4, -0.2) is 24.6 Å². The minimum atomic E-state index is -0.205. The van der Waals surface area contributed by atoms with Crippen LogP contribution < -0.4 is 0 Å². The standard InChI is InChI=1S/C17H24O4/c1-10(18)21-14-7-8-17(4)12-9-20-15(19)11(12)5-6-13(17)16(14,2)3/h5,12-14H,6-9H2,1-4H3. The molecule has 1 saturated carbocycles. The van der Waals surface area contributed by atoms with Gasteiger partial charge < -0.3 is 9.47 Å². The normalized spacial score (nSPS) is 40.7. The predicted molar refractivity (Wildman–Crippen MR) is 77.3 cm³/mol. The Bertz CT molecular complexity index is 519. The summed E-state index contributed by atoms with van der Waals surface area (Å²) in [6.07, 6.45) is 4.71. The SMILES string of the molecule is CC(=O)OC1CCC2(C)C3COC(=O)C3=CCC2C1(C)C. The molecule has 4 nitrogen and oxygen atoms in total. The van der Waals surface area contributed by atoms with Gasteiger partial charge in [0.1, 0.15) is 6.10 Å². The fraction of sp³-hybridized carbons (Fsp3) is 0.765. The fourth-order valence-corrected chi connectivity index (χ4v) is 4.95. The third-order valence-electron chi connectivity index (χ3n) is 6.14. The zero-order valence-corrected chi connectivity index (χ0v) is 13.3. The van der Waals surface area contributed by atoms with Gasteiger partial charge in [-0.1, -0.05) is 26.8 Å². The lowest BCUT2D eigenvalue weighted by Crippen LogP contribution is -2.55. The second-order valence-corrected chi connectivity index (χ2v) is 7.56. The minimum Gasteiger partial charge on any atom is -0.462 e. The van der Waals surface area contributed by atoms with Crippen LogP contribution in [0.5, 0.6) is 0 Å². The highest BCUT2D eigenvalue weighted by molar-refractivity contribution is 5.91. The van der Waals surface area contributed by atoms with Gasteiger partial charge in [-0.15, -0.1) is 0 Å². The van der Waals surface area contributed by atoms with Crippen molar-refractivity contribution in [3.05, 3.63) is 11.6 Å². The van der Waals surface area contributed by atoms with Crippen molar-refractivity contribution in [1.29, 1.82) is 0 Å². The molecule has 0 amide bonds. The number of hydrogen-bond donors (Lipinski definition) is 0. The highest BCUT2D eigenvalue weighted by Crippen LogP contribution is 2.61. The van der Waals surface area contributed by atoms with Crippen LogP contribution in [0.15, 0.2) is 11.6 Å². The van der Waals surface area contributed by atoms with E-state index in [1.807, 2.05) is 0 Å². The predicted octanol–water partition coefficient (Wildman–Crippen LogP) is 2.86. The molecule has 21 heavy (non-hydrogen) atoms. The van der Waals surface area contributed by atoms with Crippen molar-refractivity contribution in [2.45, 2.75) is 53.1 Å². The van der Waals surface area contributed by atoms with Crippen LogP contribution in [0.4, 0.5) is 0 Å². The number of cyclic esters (lactones) is 1. The summed E-state index contributed by atoms with van der Waals surface area (Å²) in [7, 11) is 0. The van der Waals surface area contributed by atoms with Gasteiger partial charge in [-0.25, -0.2) is 4.79 Å². The number of esters is 2. The van der Waals surface area contributed by atoms with E-state index in [1.54, 1.807) is 0 Å². The first-order chi connectivity index (χ1) is 9.76. The number of allylic oxidation sites excluding steroid dienone is 1. The van der Waals surface area contributed by atoms with E-state index in [1.165, 1.54) is 6.92 Å². The third-order valence-corrected chi connectivity index (χ3v) is 6.14. The van der Waals surface area contributed by atoms with E-state index in [2.05, 4.69) is 26.8 Å². The van der Waals surface area contributed by atoms with Gasteiger partial charge in [0.25, 0.3) is 0 Å². The quantitative estimate of drug-likeness (QED) is 0.697. The van der Waals surface area contributed by atoms with Crippen LogP contribution >= 0.6 is 0 Å². The van der Waals surface area contributed by atoms with Gasteiger partial charge in [0.15, 0.2) is 0 Å². The van der Waals surface area contributed by atoms with Crippen LogP contribution in [0.25, 0.3) is 0 Å². The smallest absolute Gasteiger partial charge is 0.334 e. The Hall–Kier alpha value is -1.32. The lowest BCUT2D eigenvalue weighted by molar-refractivity contribution is -0.171. The average molecular weight is 292 g/mol. The molecular formula is C17H24O4. The maximum atomic E-state index is 11.8. The molecule has 0 bridgehead atoms. The summed E-state index contributed by atoms with van der Waals surface area (Å²) in [5.41, 5.74) is 0.832. The van der Waals surface area contributed by atoms with Crippen molar-refractivity contribution in [3.63, 3.8) is 0 Å². The molecule has 4 atom stereocenters. The summed E-state index contributed by atoms with van der Waals surface area (Å²) in [6.45, 7) is 8.65. The van der Waals surface area contributed by atoms with Crippen LogP contribution in [0.1, 0.15) is 47.0 Å². The Labute approximate surface area is 125 Å². The van der Waals surface area contributed by atoms with E-state index in [9.17, 15) is 9.59 Å². The number of hydrogen-bond acceptors (Lipinski definition) is 4. The lowest BCUT2D eigenvalue weighted by atomic mass is 9.48. The van der Waals surface area contributed by atoms with Crippen LogP contribution in [0.3, 0.4) is 0 Å². The van der Waals surface area contributed by atoms with Gasteiger partial charge in [0.05, 0.1) is 6.61 Å². The molecule has 3 aliphatic rings. The van der Waals surface area contributed by atoms with Gasteiger partial charge in [-0.3, -0.25) is 4.79 Å². The van der Waals surface area contributed by atoms with Gasteiger partial charge in [-0.05, 0) is 30.6 Å². The van der Waals surface area contributed by atoms with Gasteiger partial charge in [0.2, 0.25) is 0 Å². The maximum Gasteiger partial charge on any atom is 0.334 e. The molecular weight excluding hydrogens is 268 g/mol. The summed E-state index contributed by atoms with van der Waals surface area (Å²) >= 11 is 0. The fourth-order valence-electron chi connectivity index (χ4n) is 4.95. The molecule has 1 aliphatic heterocycles. The Balaban J connectivity index is 1.94. The van der Waals surface area contributed by atoms with Crippen molar-refractivity contribution < 1.29 is 19.1 Å². The van der Waals surface area contributed by atoms with Crippen molar-refractivity contribution in [1.82, 2.24) is 0 Å². The van der Waals surface area contributed by atoms with Gasteiger partial charge in [0, 0.05) is 23.8 Å². The summed E-state index contributed by atoms with van der Waals surface area (Å²) in [4.78, 5) is 23.2. The summed E-state index contributed by atoms with van der Waals surface area (Å²) < 4.78 is 10.9. The molecule has 4 unspecified atom stereocenters. The average Bonchev–Trinajstić information content (AvgIpc) is 2.76. The van der Waals surface area contributed by atoms with E-state index in [-0.39, 0.29) is 34.8 Å². The molecule has 2 fully saturated rings. The molecule has 0 radical (unpaired) electrons. The van der Waals surface area contributed by atoms with E-state index in [0.29, 0.717) is 12.5 Å². The minimum absolute atomic E-state index is 0.0407. The topological polar surface area (TPSA) is 52.6 Å². The van der Waals surface area contributed by atoms with E-state index < -0.39 is 0 Å². The zero-order chi connectivity index (χ0) is 15.4. The first kappa shape index (κ1) is 14.6. The second kappa shape index (κ2) is 4.59. The number of rotatable bonds is 1. The molecule has 1 heterocycles. The number of fused-ring (bicyclic) bond motifs is 3. The van der Waals surface area contributed by atoms with Crippen molar-refractivity contribution in [2.24, 2.45) is 22.7 Å². The second-order valence-electron chi connectivity index (χ2n) is 7.56. The number of ether oxygens (including phenoxy) is 2. The van der Waals surface area contributed by atoms with Crippen LogP contribution in [0, 0.1) is 22.7 Å². The molecule has 3 rings (SSSR count). The van der Waals surface area contributed by atoms with Crippen molar-refractivity contribution in [2.75, 3.05) is 6.61 Å². The highest BCUT2D eigenvalue weighted by Gasteiger charge is 2.59. The first-order valence-corrected chi connectivity index (χ1v) is 7.81. The zero-order valence-electron chi connectivity index (χ0n) is 13.3. The van der Waals surface area contributed by atoms with E-state index >= 15 is 0 Å². The maximum absolute atomic E-state index is 11.8. The molecule has 1 saturated heterocycles. The lowest BCUT2D eigenvalue weighted by Gasteiger charge is -2.57. The van der Waals surface area contributed by atoms with Gasteiger partial charge >= 0.3 is 11.9 Å².